The lowest BCUT2D eigenvalue weighted by Crippen LogP contribution is -2.35. The summed E-state index contributed by atoms with van der Waals surface area (Å²) in [4.78, 5) is 28.9. The molecule has 1 aliphatic heterocycles. The molecule has 0 aliphatic carbocycles. The van der Waals surface area contributed by atoms with Crippen molar-refractivity contribution in [3.05, 3.63) is 47.9 Å². The minimum absolute atomic E-state index is 0.403. The van der Waals surface area contributed by atoms with Crippen LogP contribution >= 0.6 is 0 Å². The number of aliphatic carboxylic acids is 1. The second-order valence-corrected chi connectivity index (χ2v) is 5.76. The number of aromatic nitrogens is 4. The van der Waals surface area contributed by atoms with Crippen LogP contribution < -0.4 is 0 Å². The predicted octanol–water partition coefficient (Wildman–Crippen LogP) is 2.09. The van der Waals surface area contributed by atoms with Crippen LogP contribution in [0.4, 0.5) is 5.95 Å². The Labute approximate surface area is 142 Å². The third kappa shape index (κ3) is 2.25. The minimum Gasteiger partial charge on any atom is -0.481 e. The van der Waals surface area contributed by atoms with Crippen molar-refractivity contribution in [2.45, 2.75) is 13.0 Å². The van der Waals surface area contributed by atoms with Gasteiger partial charge in [-0.05, 0) is 24.6 Å². The summed E-state index contributed by atoms with van der Waals surface area (Å²) in [5.41, 5.74) is 2.81. The van der Waals surface area contributed by atoms with Gasteiger partial charge in [-0.15, -0.1) is 0 Å². The predicted molar refractivity (Wildman–Crippen MR) is 88.5 cm³/mol. The molecule has 1 aliphatic rings. The molecule has 2 atom stereocenters. The number of hydrogen-bond acceptors (Lipinski definition) is 6. The topological polar surface area (TPSA) is 117 Å². The molecule has 122 valence electrons. The Kier molecular flexibility index (Phi) is 3.28. The second kappa shape index (κ2) is 5.49. The molecule has 25 heavy (non-hydrogen) atoms. The van der Waals surface area contributed by atoms with Crippen molar-refractivity contribution < 1.29 is 9.90 Å². The monoisotopic (exact) mass is 332 g/mol. The van der Waals surface area contributed by atoms with Gasteiger partial charge in [-0.1, -0.05) is 12.1 Å². The van der Waals surface area contributed by atoms with Gasteiger partial charge in [-0.3, -0.25) is 9.36 Å². The number of imidazole rings is 1. The number of carbonyl (C=O) groups is 1. The van der Waals surface area contributed by atoms with Crippen molar-refractivity contribution in [2.75, 3.05) is 0 Å². The molecule has 0 fully saturated rings. The molecule has 2 aromatic heterocycles. The van der Waals surface area contributed by atoms with E-state index in [1.165, 1.54) is 6.33 Å². The number of fused-ring (bicyclic) bond motifs is 3. The number of carboxylic acid groups (broad SMARTS) is 1. The SMILES string of the molecule is CC1=Nc2nc3cncnc3n2C(c2ccc(C#N)cc2)C1C(=O)O. The highest BCUT2D eigenvalue weighted by Gasteiger charge is 2.39. The average molecular weight is 332 g/mol. The van der Waals surface area contributed by atoms with Crippen LogP contribution in [0.5, 0.6) is 0 Å². The number of carboxylic acids is 1. The lowest BCUT2D eigenvalue weighted by atomic mass is 9.88. The normalized spacial score (nSPS) is 19.1. The summed E-state index contributed by atoms with van der Waals surface area (Å²) in [6, 6.07) is 8.36. The van der Waals surface area contributed by atoms with Crippen molar-refractivity contribution in [3.8, 4) is 6.07 Å². The van der Waals surface area contributed by atoms with Crippen LogP contribution in [0.2, 0.25) is 0 Å². The molecule has 0 saturated heterocycles. The summed E-state index contributed by atoms with van der Waals surface area (Å²) < 4.78 is 1.73. The van der Waals surface area contributed by atoms with Gasteiger partial charge in [0.2, 0.25) is 5.95 Å². The zero-order valence-electron chi connectivity index (χ0n) is 13.2. The van der Waals surface area contributed by atoms with Gasteiger partial charge in [0.05, 0.1) is 23.9 Å². The third-order valence-corrected chi connectivity index (χ3v) is 4.30. The Morgan fingerprint density at radius 3 is 2.76 bits per heavy atom. The summed E-state index contributed by atoms with van der Waals surface area (Å²) in [6.07, 6.45) is 2.97. The molecule has 0 amide bonds. The van der Waals surface area contributed by atoms with Gasteiger partial charge in [0.1, 0.15) is 17.8 Å². The van der Waals surface area contributed by atoms with E-state index in [0.717, 1.165) is 5.56 Å². The van der Waals surface area contributed by atoms with Gasteiger partial charge in [0.15, 0.2) is 5.65 Å². The molecule has 4 rings (SSSR count). The fourth-order valence-corrected chi connectivity index (χ4v) is 3.19. The first-order valence-corrected chi connectivity index (χ1v) is 7.56. The summed E-state index contributed by atoms with van der Waals surface area (Å²) in [5.74, 6) is -1.43. The van der Waals surface area contributed by atoms with Crippen LogP contribution in [-0.4, -0.2) is 36.3 Å². The van der Waals surface area contributed by atoms with E-state index in [-0.39, 0.29) is 0 Å². The molecule has 0 spiro atoms. The molecule has 0 radical (unpaired) electrons. The summed E-state index contributed by atoms with van der Waals surface area (Å²) in [7, 11) is 0. The van der Waals surface area contributed by atoms with E-state index in [1.807, 2.05) is 0 Å². The molecule has 0 saturated carbocycles. The maximum Gasteiger partial charge on any atom is 0.314 e. The maximum absolute atomic E-state index is 11.9. The molecular weight excluding hydrogens is 320 g/mol. The van der Waals surface area contributed by atoms with Crippen molar-refractivity contribution in [2.24, 2.45) is 10.9 Å². The Hall–Kier alpha value is -3.60. The Morgan fingerprint density at radius 2 is 2.08 bits per heavy atom. The molecule has 0 bridgehead atoms. The van der Waals surface area contributed by atoms with E-state index in [1.54, 1.807) is 42.0 Å². The van der Waals surface area contributed by atoms with Crippen molar-refractivity contribution in [3.63, 3.8) is 0 Å². The quantitative estimate of drug-likeness (QED) is 0.768. The van der Waals surface area contributed by atoms with Crippen LogP contribution in [0.3, 0.4) is 0 Å². The van der Waals surface area contributed by atoms with Crippen molar-refractivity contribution in [1.82, 2.24) is 19.5 Å². The molecule has 1 aromatic carbocycles. The first-order chi connectivity index (χ1) is 12.1. The van der Waals surface area contributed by atoms with Gasteiger partial charge in [0, 0.05) is 5.71 Å². The third-order valence-electron chi connectivity index (χ3n) is 4.30. The maximum atomic E-state index is 11.9. The molecule has 3 heterocycles. The Morgan fingerprint density at radius 1 is 1.32 bits per heavy atom. The van der Waals surface area contributed by atoms with Gasteiger partial charge < -0.3 is 5.11 Å². The first-order valence-electron chi connectivity index (χ1n) is 7.56. The van der Waals surface area contributed by atoms with Crippen LogP contribution in [-0.2, 0) is 4.79 Å². The number of aliphatic imine (C=N–C) groups is 1. The molecule has 3 aromatic rings. The van der Waals surface area contributed by atoms with Crippen LogP contribution in [0, 0.1) is 17.2 Å². The number of nitriles is 1. The van der Waals surface area contributed by atoms with E-state index in [2.05, 4.69) is 26.0 Å². The minimum atomic E-state index is -0.975. The lowest BCUT2D eigenvalue weighted by Gasteiger charge is -2.30. The molecule has 2 unspecified atom stereocenters. The van der Waals surface area contributed by atoms with Gasteiger partial charge in [-0.2, -0.15) is 5.26 Å². The van der Waals surface area contributed by atoms with E-state index in [0.29, 0.717) is 28.4 Å². The number of nitrogens with zero attached hydrogens (tertiary/aromatic N) is 6. The number of rotatable bonds is 2. The molecule has 1 N–H and O–H groups in total. The smallest absolute Gasteiger partial charge is 0.314 e. The highest BCUT2D eigenvalue weighted by atomic mass is 16.4. The lowest BCUT2D eigenvalue weighted by molar-refractivity contribution is -0.140. The first kappa shape index (κ1) is 15.0. The van der Waals surface area contributed by atoms with Crippen LogP contribution in [0.1, 0.15) is 24.1 Å². The zero-order valence-corrected chi connectivity index (χ0v) is 13.2. The van der Waals surface area contributed by atoms with Crippen LogP contribution in [0.15, 0.2) is 41.8 Å². The molecule has 8 nitrogen and oxygen atoms in total. The van der Waals surface area contributed by atoms with E-state index in [4.69, 9.17) is 5.26 Å². The fourth-order valence-electron chi connectivity index (χ4n) is 3.19. The van der Waals surface area contributed by atoms with Gasteiger partial charge in [0.25, 0.3) is 0 Å². The van der Waals surface area contributed by atoms with Crippen molar-refractivity contribution >= 4 is 28.8 Å². The Balaban J connectivity index is 2.00. The highest BCUT2D eigenvalue weighted by molar-refractivity contribution is 6.03. The molecular formula is C17H12N6O2. The van der Waals surface area contributed by atoms with Gasteiger partial charge in [-0.25, -0.2) is 19.9 Å². The summed E-state index contributed by atoms with van der Waals surface area (Å²) in [6.45, 7) is 1.68. The number of hydrogen-bond donors (Lipinski definition) is 1. The standard InChI is InChI=1S/C17H12N6O2/c1-9-13(16(24)25)14(11-4-2-10(6-18)3-5-11)23-15-12(7-19-8-20-15)22-17(23)21-9/h2-5,7-8,13-14H,1H3,(H,24,25). The number of benzene rings is 1. The van der Waals surface area contributed by atoms with Crippen molar-refractivity contribution in [1.29, 1.82) is 5.26 Å². The summed E-state index contributed by atoms with van der Waals surface area (Å²) in [5, 5.41) is 18.8. The Bertz CT molecular complexity index is 1060. The highest BCUT2D eigenvalue weighted by Crippen LogP contribution is 2.38. The molecule has 8 heteroatoms. The van der Waals surface area contributed by atoms with Crippen LogP contribution in [0.25, 0.3) is 11.2 Å². The average Bonchev–Trinajstić information content (AvgIpc) is 2.98. The largest absolute Gasteiger partial charge is 0.481 e. The van der Waals surface area contributed by atoms with E-state index < -0.39 is 17.9 Å². The zero-order chi connectivity index (χ0) is 17.6. The van der Waals surface area contributed by atoms with Gasteiger partial charge >= 0.3 is 5.97 Å². The second-order valence-electron chi connectivity index (χ2n) is 5.76. The van der Waals surface area contributed by atoms with E-state index in [9.17, 15) is 9.90 Å². The van der Waals surface area contributed by atoms with E-state index >= 15 is 0 Å². The summed E-state index contributed by atoms with van der Waals surface area (Å²) >= 11 is 0. The fraction of sp³-hybridized carbons (Fsp3) is 0.176.